The molecule has 1 atom stereocenters. The van der Waals surface area contributed by atoms with Crippen molar-refractivity contribution in [3.05, 3.63) is 35.9 Å². The van der Waals surface area contributed by atoms with E-state index >= 15 is 0 Å². The molecule has 0 saturated carbocycles. The average Bonchev–Trinajstić information content (AvgIpc) is 2.24. The lowest BCUT2D eigenvalue weighted by Crippen LogP contribution is -2.31. The Hall–Kier alpha value is -0.440. The largest absolute Gasteiger partial charge is 0.228 e. The van der Waals surface area contributed by atoms with Gasteiger partial charge in [0.2, 0.25) is 10.0 Å². The number of sulfonamides is 1. The van der Waals surface area contributed by atoms with Gasteiger partial charge in [0.25, 0.3) is 0 Å². The number of sulfone groups is 1. The molecule has 102 valence electrons. The first-order chi connectivity index (χ1) is 8.20. The normalized spacial score (nSPS) is 14.3. The summed E-state index contributed by atoms with van der Waals surface area (Å²) in [4.78, 5) is -0.201. The Morgan fingerprint density at radius 1 is 1.17 bits per heavy atom. The van der Waals surface area contributed by atoms with Crippen LogP contribution >= 0.6 is 15.9 Å². The standard InChI is InChI=1S/C10H14BrNO4S2/c1-17(13,14)8-18(15,16)12-7-10(11)9-5-3-2-4-6-9/h2-6,10,12H,7-8H2,1H3. The van der Waals surface area contributed by atoms with Gasteiger partial charge in [0.05, 0.1) is 4.83 Å². The van der Waals surface area contributed by atoms with Crippen LogP contribution in [0.3, 0.4) is 0 Å². The van der Waals surface area contributed by atoms with Gasteiger partial charge in [-0.3, -0.25) is 0 Å². The van der Waals surface area contributed by atoms with E-state index in [0.717, 1.165) is 11.8 Å². The molecule has 0 radical (unpaired) electrons. The fraction of sp³-hybridized carbons (Fsp3) is 0.400. The molecule has 0 amide bonds. The van der Waals surface area contributed by atoms with E-state index in [-0.39, 0.29) is 11.4 Å². The van der Waals surface area contributed by atoms with E-state index in [1.807, 2.05) is 30.3 Å². The van der Waals surface area contributed by atoms with Crippen LogP contribution in [0.25, 0.3) is 0 Å². The van der Waals surface area contributed by atoms with Gasteiger partial charge in [-0.05, 0) is 5.56 Å². The van der Waals surface area contributed by atoms with Crippen LogP contribution in [0.1, 0.15) is 10.4 Å². The molecule has 1 N–H and O–H groups in total. The van der Waals surface area contributed by atoms with E-state index in [4.69, 9.17) is 0 Å². The van der Waals surface area contributed by atoms with Crippen molar-refractivity contribution in [2.24, 2.45) is 0 Å². The Morgan fingerprint density at radius 2 is 1.72 bits per heavy atom. The van der Waals surface area contributed by atoms with E-state index < -0.39 is 24.9 Å². The molecule has 0 bridgehead atoms. The van der Waals surface area contributed by atoms with E-state index in [1.54, 1.807) is 0 Å². The second-order valence-corrected chi connectivity index (χ2v) is 9.30. The number of benzene rings is 1. The fourth-order valence-electron chi connectivity index (χ4n) is 1.30. The van der Waals surface area contributed by atoms with Crippen LogP contribution in [-0.4, -0.2) is 34.7 Å². The zero-order valence-electron chi connectivity index (χ0n) is 9.71. The van der Waals surface area contributed by atoms with Crippen molar-refractivity contribution in [1.29, 1.82) is 0 Å². The van der Waals surface area contributed by atoms with E-state index in [1.165, 1.54) is 0 Å². The van der Waals surface area contributed by atoms with Crippen molar-refractivity contribution in [3.8, 4) is 0 Å². The van der Waals surface area contributed by atoms with Gasteiger partial charge in [0, 0.05) is 12.8 Å². The molecule has 1 rings (SSSR count). The van der Waals surface area contributed by atoms with E-state index in [9.17, 15) is 16.8 Å². The third kappa shape index (κ3) is 5.94. The summed E-state index contributed by atoms with van der Waals surface area (Å²) in [7, 11) is -7.37. The van der Waals surface area contributed by atoms with Crippen molar-refractivity contribution in [1.82, 2.24) is 4.72 Å². The third-order valence-electron chi connectivity index (χ3n) is 2.01. The quantitative estimate of drug-likeness (QED) is 0.773. The van der Waals surface area contributed by atoms with Crippen molar-refractivity contribution in [3.63, 3.8) is 0 Å². The highest BCUT2D eigenvalue weighted by atomic mass is 79.9. The zero-order chi connectivity index (χ0) is 13.8. The first-order valence-electron chi connectivity index (χ1n) is 5.04. The number of hydrogen-bond donors (Lipinski definition) is 1. The average molecular weight is 356 g/mol. The smallest absolute Gasteiger partial charge is 0.226 e. The van der Waals surface area contributed by atoms with Crippen molar-refractivity contribution in [2.75, 3.05) is 17.9 Å². The lowest BCUT2D eigenvalue weighted by atomic mass is 10.2. The minimum atomic E-state index is -3.81. The zero-order valence-corrected chi connectivity index (χ0v) is 12.9. The van der Waals surface area contributed by atoms with Gasteiger partial charge >= 0.3 is 0 Å². The van der Waals surface area contributed by atoms with Crippen molar-refractivity contribution < 1.29 is 16.8 Å². The molecule has 1 aromatic carbocycles. The highest BCUT2D eigenvalue weighted by Gasteiger charge is 2.19. The monoisotopic (exact) mass is 355 g/mol. The molecule has 8 heteroatoms. The molecule has 0 spiro atoms. The Kier molecular flexibility index (Phi) is 5.32. The molecule has 18 heavy (non-hydrogen) atoms. The summed E-state index contributed by atoms with van der Waals surface area (Å²) in [6, 6.07) is 9.24. The Bertz CT molecular complexity index is 584. The number of rotatable bonds is 6. The molecule has 0 aliphatic carbocycles. The number of alkyl halides is 1. The van der Waals surface area contributed by atoms with Gasteiger partial charge in [0.15, 0.2) is 14.9 Å². The SMILES string of the molecule is CS(=O)(=O)CS(=O)(=O)NCC(Br)c1ccccc1. The van der Waals surface area contributed by atoms with Crippen LogP contribution in [0.4, 0.5) is 0 Å². The summed E-state index contributed by atoms with van der Waals surface area (Å²) >= 11 is 3.34. The van der Waals surface area contributed by atoms with Crippen LogP contribution in [-0.2, 0) is 19.9 Å². The highest BCUT2D eigenvalue weighted by molar-refractivity contribution is 9.09. The molecule has 0 saturated heterocycles. The summed E-state index contributed by atoms with van der Waals surface area (Å²) in [6.45, 7) is 0.0991. The summed E-state index contributed by atoms with van der Waals surface area (Å²) in [5, 5.41) is -0.894. The van der Waals surface area contributed by atoms with Crippen LogP contribution in [0.5, 0.6) is 0 Å². The minimum absolute atomic E-state index is 0.0991. The first kappa shape index (κ1) is 15.6. The number of nitrogens with one attached hydrogen (secondary N) is 1. The lowest BCUT2D eigenvalue weighted by molar-refractivity contribution is 0.581. The van der Waals surface area contributed by atoms with Gasteiger partial charge in [-0.25, -0.2) is 21.6 Å². The van der Waals surface area contributed by atoms with Crippen LogP contribution < -0.4 is 4.72 Å². The maximum Gasteiger partial charge on any atom is 0.226 e. The predicted octanol–water partition coefficient (Wildman–Crippen LogP) is 1.04. The lowest BCUT2D eigenvalue weighted by Gasteiger charge is -2.11. The molecular formula is C10H14BrNO4S2. The third-order valence-corrected chi connectivity index (χ3v) is 6.43. The molecule has 0 aliphatic heterocycles. The predicted molar refractivity (Wildman–Crippen MR) is 74.7 cm³/mol. The molecule has 0 heterocycles. The second kappa shape index (κ2) is 6.14. The van der Waals surface area contributed by atoms with Gasteiger partial charge in [0.1, 0.15) is 0 Å². The second-order valence-electron chi connectivity index (χ2n) is 3.89. The Labute approximate surface area is 116 Å². The first-order valence-corrected chi connectivity index (χ1v) is 9.66. The fourth-order valence-corrected chi connectivity index (χ4v) is 4.99. The van der Waals surface area contributed by atoms with Gasteiger partial charge < -0.3 is 0 Å². The summed E-state index contributed by atoms with van der Waals surface area (Å²) in [5.41, 5.74) is 0.916. The van der Waals surface area contributed by atoms with E-state index in [2.05, 4.69) is 20.7 Å². The topological polar surface area (TPSA) is 80.3 Å². The summed E-state index contributed by atoms with van der Waals surface area (Å²) in [6.07, 6.45) is 0.884. The van der Waals surface area contributed by atoms with Crippen molar-refractivity contribution in [2.45, 2.75) is 4.83 Å². The molecule has 1 aromatic rings. The summed E-state index contributed by atoms with van der Waals surface area (Å²) < 4.78 is 47.1. The van der Waals surface area contributed by atoms with Gasteiger partial charge in [-0.2, -0.15) is 0 Å². The Balaban J connectivity index is 2.61. The molecule has 5 nitrogen and oxygen atoms in total. The molecular weight excluding hydrogens is 342 g/mol. The van der Waals surface area contributed by atoms with Gasteiger partial charge in [-0.15, -0.1) is 0 Å². The van der Waals surface area contributed by atoms with E-state index in [0.29, 0.717) is 0 Å². The number of hydrogen-bond acceptors (Lipinski definition) is 4. The van der Waals surface area contributed by atoms with Crippen LogP contribution in [0.2, 0.25) is 0 Å². The maximum atomic E-state index is 11.5. The number of halogens is 1. The highest BCUT2D eigenvalue weighted by Crippen LogP contribution is 2.21. The molecule has 1 unspecified atom stereocenters. The maximum absolute atomic E-state index is 11.5. The van der Waals surface area contributed by atoms with Gasteiger partial charge in [-0.1, -0.05) is 46.3 Å². The summed E-state index contributed by atoms with van der Waals surface area (Å²) in [5.74, 6) is 0. The molecule has 0 fully saturated rings. The van der Waals surface area contributed by atoms with Crippen LogP contribution in [0.15, 0.2) is 30.3 Å². The van der Waals surface area contributed by atoms with Crippen LogP contribution in [0, 0.1) is 0 Å². The Morgan fingerprint density at radius 3 is 2.22 bits per heavy atom. The molecule has 0 aromatic heterocycles. The minimum Gasteiger partial charge on any atom is -0.228 e. The molecule has 0 aliphatic rings. The van der Waals surface area contributed by atoms with Crippen molar-refractivity contribution >= 4 is 35.8 Å².